The van der Waals surface area contributed by atoms with Crippen LogP contribution in [-0.4, -0.2) is 31.6 Å². The average molecular weight is 221 g/mol. The Bertz CT molecular complexity index is 273. The number of para-hydroxylation sites is 1. The molecule has 1 fully saturated rings. The van der Waals surface area contributed by atoms with E-state index in [9.17, 15) is 0 Å². The largest absolute Gasteiger partial charge is 0.493 e. The van der Waals surface area contributed by atoms with E-state index in [0.717, 1.165) is 12.4 Å². The SMILES string of the molecule is CC.CN1CCC(COc2ccccc2)C1. The molecule has 2 heteroatoms. The van der Waals surface area contributed by atoms with Crippen molar-refractivity contribution in [1.82, 2.24) is 4.90 Å². The number of benzene rings is 1. The first-order valence-electron chi connectivity index (χ1n) is 6.21. The highest BCUT2D eigenvalue weighted by Crippen LogP contribution is 2.16. The van der Waals surface area contributed by atoms with Crippen molar-refractivity contribution < 1.29 is 4.74 Å². The lowest BCUT2D eigenvalue weighted by atomic mass is 10.1. The monoisotopic (exact) mass is 221 g/mol. The second-order valence-electron chi connectivity index (χ2n) is 4.04. The van der Waals surface area contributed by atoms with Gasteiger partial charge in [-0.1, -0.05) is 32.0 Å². The molecule has 0 radical (unpaired) electrons. The summed E-state index contributed by atoms with van der Waals surface area (Å²) in [7, 11) is 2.17. The zero-order valence-corrected chi connectivity index (χ0v) is 10.6. The van der Waals surface area contributed by atoms with Gasteiger partial charge in [0, 0.05) is 12.5 Å². The summed E-state index contributed by atoms with van der Waals surface area (Å²) in [6, 6.07) is 10.1. The third-order valence-corrected chi connectivity index (χ3v) is 2.72. The minimum Gasteiger partial charge on any atom is -0.493 e. The Balaban J connectivity index is 0.000000606. The number of hydrogen-bond acceptors (Lipinski definition) is 2. The molecule has 0 saturated carbocycles. The van der Waals surface area contributed by atoms with Gasteiger partial charge in [-0.2, -0.15) is 0 Å². The molecule has 0 aliphatic carbocycles. The molecular weight excluding hydrogens is 198 g/mol. The van der Waals surface area contributed by atoms with Gasteiger partial charge in [0.15, 0.2) is 0 Å². The molecule has 1 aliphatic rings. The van der Waals surface area contributed by atoms with Crippen LogP contribution in [0.25, 0.3) is 0 Å². The summed E-state index contributed by atoms with van der Waals surface area (Å²) in [6.07, 6.45) is 1.27. The molecule has 0 aromatic heterocycles. The van der Waals surface area contributed by atoms with Crippen LogP contribution in [0.15, 0.2) is 30.3 Å². The normalized spacial score (nSPS) is 20.1. The molecule has 1 atom stereocenters. The van der Waals surface area contributed by atoms with Crippen molar-refractivity contribution in [1.29, 1.82) is 0 Å². The maximum absolute atomic E-state index is 5.71. The molecule has 1 aromatic carbocycles. The third kappa shape index (κ3) is 4.23. The minimum atomic E-state index is 0.709. The van der Waals surface area contributed by atoms with E-state index in [1.54, 1.807) is 0 Å². The lowest BCUT2D eigenvalue weighted by Gasteiger charge is -2.11. The fraction of sp³-hybridized carbons (Fsp3) is 0.571. The third-order valence-electron chi connectivity index (χ3n) is 2.72. The van der Waals surface area contributed by atoms with Gasteiger partial charge in [-0.25, -0.2) is 0 Å². The fourth-order valence-electron chi connectivity index (χ4n) is 1.89. The van der Waals surface area contributed by atoms with Gasteiger partial charge in [-0.05, 0) is 32.1 Å². The van der Waals surface area contributed by atoms with Gasteiger partial charge in [0.2, 0.25) is 0 Å². The molecule has 0 N–H and O–H groups in total. The highest BCUT2D eigenvalue weighted by molar-refractivity contribution is 5.20. The molecule has 2 rings (SSSR count). The summed E-state index contributed by atoms with van der Waals surface area (Å²) in [6.45, 7) is 7.24. The minimum absolute atomic E-state index is 0.709. The van der Waals surface area contributed by atoms with E-state index in [1.807, 2.05) is 44.2 Å². The number of rotatable bonds is 3. The Morgan fingerprint density at radius 3 is 2.50 bits per heavy atom. The van der Waals surface area contributed by atoms with Gasteiger partial charge < -0.3 is 9.64 Å². The van der Waals surface area contributed by atoms with Crippen molar-refractivity contribution in [3.63, 3.8) is 0 Å². The van der Waals surface area contributed by atoms with E-state index in [1.165, 1.54) is 19.5 Å². The first-order valence-corrected chi connectivity index (χ1v) is 6.21. The highest BCUT2D eigenvalue weighted by atomic mass is 16.5. The molecule has 1 aliphatic heterocycles. The maximum atomic E-state index is 5.71. The molecule has 1 heterocycles. The zero-order chi connectivity index (χ0) is 11.8. The predicted molar refractivity (Wildman–Crippen MR) is 68.9 cm³/mol. The first kappa shape index (κ1) is 13.0. The Labute approximate surface area is 99.2 Å². The molecule has 0 bridgehead atoms. The van der Waals surface area contributed by atoms with Crippen LogP contribution < -0.4 is 4.74 Å². The lowest BCUT2D eigenvalue weighted by molar-refractivity contribution is 0.249. The number of ether oxygens (including phenoxy) is 1. The summed E-state index contributed by atoms with van der Waals surface area (Å²) in [5, 5.41) is 0. The van der Waals surface area contributed by atoms with Crippen molar-refractivity contribution in [3.05, 3.63) is 30.3 Å². The van der Waals surface area contributed by atoms with Gasteiger partial charge in [-0.15, -0.1) is 0 Å². The van der Waals surface area contributed by atoms with Crippen LogP contribution in [0.1, 0.15) is 20.3 Å². The van der Waals surface area contributed by atoms with Crippen molar-refractivity contribution >= 4 is 0 Å². The lowest BCUT2D eigenvalue weighted by Crippen LogP contribution is -2.17. The van der Waals surface area contributed by atoms with Crippen LogP contribution in [0, 0.1) is 5.92 Å². The van der Waals surface area contributed by atoms with Gasteiger partial charge in [-0.3, -0.25) is 0 Å². The molecule has 1 saturated heterocycles. The van der Waals surface area contributed by atoms with Gasteiger partial charge in [0.1, 0.15) is 5.75 Å². The van der Waals surface area contributed by atoms with Crippen molar-refractivity contribution in [2.45, 2.75) is 20.3 Å². The van der Waals surface area contributed by atoms with E-state index in [-0.39, 0.29) is 0 Å². The fourth-order valence-corrected chi connectivity index (χ4v) is 1.89. The zero-order valence-electron chi connectivity index (χ0n) is 10.6. The summed E-state index contributed by atoms with van der Waals surface area (Å²) >= 11 is 0. The Kier molecular flexibility index (Phi) is 5.94. The van der Waals surface area contributed by atoms with Crippen LogP contribution in [0.5, 0.6) is 5.75 Å². The molecular formula is C14H23NO. The molecule has 0 amide bonds. The molecule has 1 unspecified atom stereocenters. The van der Waals surface area contributed by atoms with Crippen molar-refractivity contribution in [2.24, 2.45) is 5.92 Å². The number of likely N-dealkylation sites (tertiary alicyclic amines) is 1. The summed E-state index contributed by atoms with van der Waals surface area (Å²) in [4.78, 5) is 2.36. The van der Waals surface area contributed by atoms with Crippen LogP contribution in [0.3, 0.4) is 0 Å². The Morgan fingerprint density at radius 2 is 1.94 bits per heavy atom. The van der Waals surface area contributed by atoms with E-state index in [0.29, 0.717) is 5.92 Å². The number of nitrogens with zero attached hydrogens (tertiary/aromatic N) is 1. The quantitative estimate of drug-likeness (QED) is 0.778. The average Bonchev–Trinajstić information content (AvgIpc) is 2.77. The van der Waals surface area contributed by atoms with Crippen molar-refractivity contribution in [2.75, 3.05) is 26.7 Å². The van der Waals surface area contributed by atoms with E-state index >= 15 is 0 Å². The van der Waals surface area contributed by atoms with Gasteiger partial charge >= 0.3 is 0 Å². The highest BCUT2D eigenvalue weighted by Gasteiger charge is 2.19. The molecule has 16 heavy (non-hydrogen) atoms. The van der Waals surface area contributed by atoms with Gasteiger partial charge in [0.25, 0.3) is 0 Å². The van der Waals surface area contributed by atoms with E-state index in [4.69, 9.17) is 4.74 Å². The topological polar surface area (TPSA) is 12.5 Å². The molecule has 0 spiro atoms. The van der Waals surface area contributed by atoms with E-state index < -0.39 is 0 Å². The Morgan fingerprint density at radius 1 is 1.25 bits per heavy atom. The van der Waals surface area contributed by atoms with Crippen molar-refractivity contribution in [3.8, 4) is 5.75 Å². The summed E-state index contributed by atoms with van der Waals surface area (Å²) < 4.78 is 5.71. The smallest absolute Gasteiger partial charge is 0.119 e. The van der Waals surface area contributed by atoms with Crippen LogP contribution in [-0.2, 0) is 0 Å². The number of hydrogen-bond donors (Lipinski definition) is 0. The maximum Gasteiger partial charge on any atom is 0.119 e. The standard InChI is InChI=1S/C12H17NO.C2H6/c1-13-8-7-11(9-13)10-14-12-5-3-2-4-6-12;1-2/h2-6,11H,7-10H2,1H3;1-2H3. The van der Waals surface area contributed by atoms with Gasteiger partial charge in [0.05, 0.1) is 6.61 Å². The van der Waals surface area contributed by atoms with Crippen LogP contribution in [0.2, 0.25) is 0 Å². The Hall–Kier alpha value is -1.02. The summed E-state index contributed by atoms with van der Waals surface area (Å²) in [5.41, 5.74) is 0. The molecule has 90 valence electrons. The first-order chi connectivity index (χ1) is 7.84. The van der Waals surface area contributed by atoms with Crippen LogP contribution in [0.4, 0.5) is 0 Å². The second kappa shape index (κ2) is 7.29. The molecule has 1 aromatic rings. The summed E-state index contributed by atoms with van der Waals surface area (Å²) in [5.74, 6) is 1.70. The molecule has 2 nitrogen and oxygen atoms in total. The second-order valence-corrected chi connectivity index (χ2v) is 4.04. The van der Waals surface area contributed by atoms with Crippen LogP contribution >= 0.6 is 0 Å². The van der Waals surface area contributed by atoms with E-state index in [2.05, 4.69) is 11.9 Å². The predicted octanol–water partition coefficient (Wildman–Crippen LogP) is 3.04.